The summed E-state index contributed by atoms with van der Waals surface area (Å²) in [6, 6.07) is 14.0. The van der Waals surface area contributed by atoms with Crippen LogP contribution in [0.2, 0.25) is 0 Å². The molecule has 2 aromatic heterocycles. The van der Waals surface area contributed by atoms with Crippen LogP contribution in [0.15, 0.2) is 71.7 Å². The molecule has 6 rings (SSSR count). The molecule has 1 aliphatic heterocycles. The number of nitrogens with one attached hydrogen (secondary N) is 2. The van der Waals surface area contributed by atoms with E-state index in [2.05, 4.69) is 30.4 Å². The Hall–Kier alpha value is -4.98. The van der Waals surface area contributed by atoms with E-state index in [0.29, 0.717) is 33.7 Å². The van der Waals surface area contributed by atoms with E-state index in [1.165, 1.54) is 32.6 Å². The maximum atomic E-state index is 14.5. The van der Waals surface area contributed by atoms with Gasteiger partial charge >= 0.3 is 6.18 Å². The van der Waals surface area contributed by atoms with Gasteiger partial charge in [0.25, 0.3) is 5.91 Å². The molecule has 45 heavy (non-hydrogen) atoms. The first kappa shape index (κ1) is 30.1. The topological polar surface area (TPSA) is 116 Å². The number of nitrogens with zero attached hydrogens (tertiary/aromatic N) is 4. The number of aromatic nitrogens is 4. The van der Waals surface area contributed by atoms with E-state index in [0.717, 1.165) is 11.6 Å². The van der Waals surface area contributed by atoms with E-state index < -0.39 is 36.2 Å². The van der Waals surface area contributed by atoms with Crippen molar-refractivity contribution in [3.05, 3.63) is 95.5 Å². The van der Waals surface area contributed by atoms with Crippen LogP contribution in [0, 0.1) is 12.7 Å². The second kappa shape index (κ2) is 11.2. The number of carbonyl (C=O) groups is 1. The number of halogens is 4. The van der Waals surface area contributed by atoms with Crippen molar-refractivity contribution in [1.29, 1.82) is 0 Å². The molecule has 2 N–H and O–H groups in total. The molecule has 0 aliphatic carbocycles. The number of anilines is 1. The summed E-state index contributed by atoms with van der Waals surface area (Å²) in [5.41, 5.74) is -1.00. The number of fused-ring (bicyclic) bond motifs is 1. The maximum absolute atomic E-state index is 14.5. The van der Waals surface area contributed by atoms with Gasteiger partial charge in [-0.3, -0.25) is 4.79 Å². The van der Waals surface area contributed by atoms with Crippen molar-refractivity contribution in [3.63, 3.8) is 0 Å². The Kier molecular flexibility index (Phi) is 7.47. The molecule has 3 aromatic carbocycles. The summed E-state index contributed by atoms with van der Waals surface area (Å²) in [6.45, 7) is 2.79. The summed E-state index contributed by atoms with van der Waals surface area (Å²) >= 11 is 0. The van der Waals surface area contributed by atoms with Gasteiger partial charge in [0, 0.05) is 28.6 Å². The second-order valence-corrected chi connectivity index (χ2v) is 11.1. The SMILES string of the molecule is COc1ccc(F)cc1C1(C)CC(CNc2cc(C)cc3c2cnn3-c2cccc(C(=O)NCc3ncon3)c2)(C(F)(F)F)O1. The van der Waals surface area contributed by atoms with Crippen molar-refractivity contribution in [2.75, 3.05) is 19.0 Å². The predicted molar refractivity (Wildman–Crippen MR) is 155 cm³/mol. The van der Waals surface area contributed by atoms with E-state index in [1.54, 1.807) is 41.2 Å². The molecule has 3 heterocycles. The minimum atomic E-state index is -4.72. The van der Waals surface area contributed by atoms with Crippen molar-refractivity contribution < 1.29 is 36.4 Å². The molecule has 1 aliphatic rings. The van der Waals surface area contributed by atoms with Crippen LogP contribution in [0.1, 0.15) is 40.7 Å². The third kappa shape index (κ3) is 5.57. The Morgan fingerprint density at radius 3 is 2.67 bits per heavy atom. The third-order valence-corrected chi connectivity index (χ3v) is 7.86. The zero-order valence-corrected chi connectivity index (χ0v) is 24.4. The number of carbonyl (C=O) groups excluding carboxylic acids is 1. The molecule has 1 saturated heterocycles. The van der Waals surface area contributed by atoms with E-state index in [-0.39, 0.29) is 23.8 Å². The fraction of sp³-hybridized carbons (Fsp3) is 0.290. The molecular weight excluding hydrogens is 596 g/mol. The summed E-state index contributed by atoms with van der Waals surface area (Å²) in [5, 5.41) is 14.4. The Labute approximate surface area is 254 Å². The van der Waals surface area contributed by atoms with Crippen LogP contribution in [0.5, 0.6) is 5.75 Å². The second-order valence-electron chi connectivity index (χ2n) is 11.1. The molecule has 1 amide bonds. The van der Waals surface area contributed by atoms with Crippen molar-refractivity contribution >= 4 is 22.5 Å². The minimum Gasteiger partial charge on any atom is -0.496 e. The Morgan fingerprint density at radius 2 is 1.96 bits per heavy atom. The van der Waals surface area contributed by atoms with E-state index >= 15 is 0 Å². The van der Waals surface area contributed by atoms with Crippen LogP contribution in [0.4, 0.5) is 23.2 Å². The van der Waals surface area contributed by atoms with Crippen LogP contribution < -0.4 is 15.4 Å². The Balaban J connectivity index is 1.25. The average Bonchev–Trinajstić information content (AvgIpc) is 3.67. The zero-order valence-electron chi connectivity index (χ0n) is 24.4. The monoisotopic (exact) mass is 624 g/mol. The Morgan fingerprint density at radius 1 is 1.16 bits per heavy atom. The molecule has 0 saturated carbocycles. The highest BCUT2D eigenvalue weighted by Crippen LogP contribution is 2.57. The van der Waals surface area contributed by atoms with Gasteiger partial charge in [0.15, 0.2) is 11.4 Å². The molecule has 0 radical (unpaired) electrons. The Bertz CT molecular complexity index is 1870. The van der Waals surface area contributed by atoms with Crippen molar-refractivity contribution in [1.82, 2.24) is 25.2 Å². The maximum Gasteiger partial charge on any atom is 0.419 e. The molecule has 2 unspecified atom stereocenters. The van der Waals surface area contributed by atoms with Crippen LogP contribution in [0.25, 0.3) is 16.6 Å². The van der Waals surface area contributed by atoms with Crippen LogP contribution in [-0.2, 0) is 16.9 Å². The van der Waals surface area contributed by atoms with Gasteiger partial charge in [0.2, 0.25) is 6.39 Å². The number of aryl methyl sites for hydroxylation is 1. The minimum absolute atomic E-state index is 0.0799. The first-order valence-corrected chi connectivity index (χ1v) is 13.9. The van der Waals surface area contributed by atoms with Gasteiger partial charge in [-0.15, -0.1) is 0 Å². The van der Waals surface area contributed by atoms with Crippen LogP contribution in [-0.4, -0.2) is 51.3 Å². The highest BCUT2D eigenvalue weighted by molar-refractivity contribution is 5.96. The lowest BCUT2D eigenvalue weighted by atomic mass is 9.75. The van der Waals surface area contributed by atoms with E-state index in [4.69, 9.17) is 9.47 Å². The number of ether oxygens (including phenoxy) is 2. The fourth-order valence-corrected chi connectivity index (χ4v) is 5.74. The summed E-state index contributed by atoms with van der Waals surface area (Å²) in [4.78, 5) is 16.6. The van der Waals surface area contributed by atoms with Gasteiger partial charge in [-0.1, -0.05) is 11.2 Å². The molecule has 2 atom stereocenters. The van der Waals surface area contributed by atoms with Gasteiger partial charge in [-0.05, 0) is 67.9 Å². The first-order chi connectivity index (χ1) is 21.4. The lowest BCUT2D eigenvalue weighted by molar-refractivity contribution is -0.380. The van der Waals surface area contributed by atoms with E-state index in [1.807, 2.05) is 13.0 Å². The van der Waals surface area contributed by atoms with Gasteiger partial charge in [-0.25, -0.2) is 9.07 Å². The van der Waals surface area contributed by atoms with Crippen molar-refractivity contribution in [2.45, 2.75) is 44.2 Å². The normalized spacial score (nSPS) is 19.7. The van der Waals surface area contributed by atoms with Crippen molar-refractivity contribution in [2.24, 2.45) is 0 Å². The van der Waals surface area contributed by atoms with Gasteiger partial charge in [0.05, 0.1) is 43.2 Å². The summed E-state index contributed by atoms with van der Waals surface area (Å²) < 4.78 is 74.8. The van der Waals surface area contributed by atoms with E-state index in [9.17, 15) is 22.4 Å². The molecule has 0 bridgehead atoms. The fourth-order valence-electron chi connectivity index (χ4n) is 5.74. The number of hydrogen-bond donors (Lipinski definition) is 2. The lowest BCUT2D eigenvalue weighted by Crippen LogP contribution is -2.67. The van der Waals surface area contributed by atoms with Gasteiger partial charge < -0.3 is 24.6 Å². The molecular formula is C31H28F4N6O4. The first-order valence-electron chi connectivity index (χ1n) is 13.9. The average molecular weight is 625 g/mol. The van der Waals surface area contributed by atoms with Crippen LogP contribution >= 0.6 is 0 Å². The number of methoxy groups -OCH3 is 1. The molecule has 14 heteroatoms. The quantitative estimate of drug-likeness (QED) is 0.197. The zero-order chi connectivity index (χ0) is 32.0. The number of rotatable bonds is 9. The molecule has 10 nitrogen and oxygen atoms in total. The molecule has 1 fully saturated rings. The van der Waals surface area contributed by atoms with Gasteiger partial charge in [-0.2, -0.15) is 23.3 Å². The smallest absolute Gasteiger partial charge is 0.419 e. The third-order valence-electron chi connectivity index (χ3n) is 7.86. The number of hydrogen-bond acceptors (Lipinski definition) is 8. The standard InChI is InChI=1S/C31H28F4N6O4/c1-18-9-24(37-16-30(31(33,34)35)15-29(2,45-30)23-12-20(32)7-8-26(23)43-3)22-13-39-41(25(22)10-18)21-6-4-5-19(11-21)28(42)36-14-27-38-17-44-40-27/h4-13,17,37H,14-16H2,1-3H3,(H,36,42). The number of benzene rings is 3. The summed E-state index contributed by atoms with van der Waals surface area (Å²) in [7, 11) is 1.36. The van der Waals surface area contributed by atoms with Gasteiger partial charge in [0.1, 0.15) is 11.6 Å². The number of alkyl halides is 3. The largest absolute Gasteiger partial charge is 0.496 e. The van der Waals surface area contributed by atoms with Crippen LogP contribution in [0.3, 0.4) is 0 Å². The highest BCUT2D eigenvalue weighted by atomic mass is 19.4. The lowest BCUT2D eigenvalue weighted by Gasteiger charge is -2.55. The summed E-state index contributed by atoms with van der Waals surface area (Å²) in [6.07, 6.45) is -2.46. The number of amides is 1. The van der Waals surface area contributed by atoms with Crippen molar-refractivity contribution in [3.8, 4) is 11.4 Å². The molecule has 5 aromatic rings. The highest BCUT2D eigenvalue weighted by Gasteiger charge is 2.68. The predicted octanol–water partition coefficient (Wildman–Crippen LogP) is 5.84. The summed E-state index contributed by atoms with van der Waals surface area (Å²) in [5.74, 6) is -0.403. The molecule has 0 spiro atoms. The molecule has 234 valence electrons.